The lowest BCUT2D eigenvalue weighted by atomic mass is 10.2. The summed E-state index contributed by atoms with van der Waals surface area (Å²) >= 11 is 0. The molecule has 0 amide bonds. The molecular formula is C16H19N7O. The number of fused-ring (bicyclic) bond motifs is 1. The standard InChI is InChI=1S/C16H19N7O/c1-3-6-12(7-4-5-8-24)23(2)10-11-9-19-15-13(20-11)14(17)21-16(18)22-15/h3-4,6-9H,1,5,10H2,2H3,(H4,17,18,19,21,22)/b7-4-,12-6+. The van der Waals surface area contributed by atoms with Crippen LogP contribution in [0.25, 0.3) is 11.2 Å². The molecule has 8 heteroatoms. The molecule has 0 unspecified atom stereocenters. The van der Waals surface area contributed by atoms with Crippen molar-refractivity contribution in [1.29, 1.82) is 0 Å². The van der Waals surface area contributed by atoms with E-state index in [0.717, 1.165) is 12.0 Å². The highest BCUT2D eigenvalue weighted by molar-refractivity contribution is 5.81. The fourth-order valence-electron chi connectivity index (χ4n) is 2.07. The van der Waals surface area contributed by atoms with Crippen molar-refractivity contribution < 1.29 is 4.79 Å². The maximum Gasteiger partial charge on any atom is 0.224 e. The summed E-state index contributed by atoms with van der Waals surface area (Å²) in [5, 5.41) is 0. The van der Waals surface area contributed by atoms with E-state index < -0.39 is 0 Å². The highest BCUT2D eigenvalue weighted by Crippen LogP contribution is 2.16. The van der Waals surface area contributed by atoms with Crippen molar-refractivity contribution >= 4 is 29.2 Å². The Morgan fingerprint density at radius 3 is 2.83 bits per heavy atom. The van der Waals surface area contributed by atoms with Crippen LogP contribution in [0.1, 0.15) is 12.1 Å². The molecule has 0 atom stereocenters. The van der Waals surface area contributed by atoms with E-state index in [4.69, 9.17) is 11.5 Å². The fourth-order valence-corrected chi connectivity index (χ4v) is 2.07. The quantitative estimate of drug-likeness (QED) is 0.575. The number of likely N-dealkylation sites (N-methyl/N-ethyl adjacent to an activating group) is 1. The van der Waals surface area contributed by atoms with Crippen LogP contribution in [0.3, 0.4) is 0 Å². The molecule has 0 bridgehead atoms. The molecule has 124 valence electrons. The van der Waals surface area contributed by atoms with Crippen LogP contribution in [0.2, 0.25) is 0 Å². The maximum atomic E-state index is 10.4. The van der Waals surface area contributed by atoms with Crippen LogP contribution < -0.4 is 11.5 Å². The third kappa shape index (κ3) is 4.13. The molecule has 0 aliphatic rings. The molecule has 0 saturated heterocycles. The van der Waals surface area contributed by atoms with Crippen LogP contribution in [0.4, 0.5) is 11.8 Å². The number of carbonyl (C=O) groups excluding carboxylic acids is 1. The number of aldehydes is 1. The summed E-state index contributed by atoms with van der Waals surface area (Å²) in [6.45, 7) is 4.18. The molecule has 4 N–H and O–H groups in total. The summed E-state index contributed by atoms with van der Waals surface area (Å²) in [5.74, 6) is 0.262. The lowest BCUT2D eigenvalue weighted by molar-refractivity contribution is -0.107. The van der Waals surface area contributed by atoms with Gasteiger partial charge in [-0.15, -0.1) is 0 Å². The third-order valence-corrected chi connectivity index (χ3v) is 3.15. The normalized spacial score (nSPS) is 11.8. The predicted molar refractivity (Wildman–Crippen MR) is 93.5 cm³/mol. The van der Waals surface area contributed by atoms with Crippen molar-refractivity contribution in [3.63, 3.8) is 0 Å². The number of rotatable bonds is 7. The minimum Gasteiger partial charge on any atom is -0.382 e. The predicted octanol–water partition coefficient (Wildman–Crippen LogP) is 1.23. The number of nitrogens with two attached hydrogens (primary N) is 2. The smallest absolute Gasteiger partial charge is 0.224 e. The van der Waals surface area contributed by atoms with E-state index in [1.165, 1.54) is 0 Å². The summed E-state index contributed by atoms with van der Waals surface area (Å²) in [6.07, 6.45) is 9.96. The number of carbonyl (C=O) groups is 1. The van der Waals surface area contributed by atoms with Gasteiger partial charge < -0.3 is 21.2 Å². The number of nitrogens with zero attached hydrogens (tertiary/aromatic N) is 5. The lowest BCUT2D eigenvalue weighted by Gasteiger charge is -2.19. The fraction of sp³-hybridized carbons (Fsp3) is 0.188. The zero-order valence-electron chi connectivity index (χ0n) is 13.4. The van der Waals surface area contributed by atoms with E-state index in [-0.39, 0.29) is 11.8 Å². The Morgan fingerprint density at radius 2 is 2.12 bits per heavy atom. The first-order chi connectivity index (χ1) is 11.5. The van der Waals surface area contributed by atoms with Crippen LogP contribution in [0, 0.1) is 0 Å². The second kappa shape index (κ2) is 7.82. The molecule has 2 rings (SSSR count). The second-order valence-corrected chi connectivity index (χ2v) is 4.99. The Kier molecular flexibility index (Phi) is 5.56. The topological polar surface area (TPSA) is 124 Å². The van der Waals surface area contributed by atoms with Crippen molar-refractivity contribution in [3.05, 3.63) is 48.5 Å². The molecule has 0 aliphatic heterocycles. The summed E-state index contributed by atoms with van der Waals surface area (Å²) in [4.78, 5) is 29.0. The van der Waals surface area contributed by atoms with Gasteiger partial charge in [0.1, 0.15) is 6.29 Å². The molecule has 0 radical (unpaired) electrons. The summed E-state index contributed by atoms with van der Waals surface area (Å²) in [5.41, 5.74) is 13.7. The zero-order chi connectivity index (χ0) is 17.5. The molecule has 2 aromatic rings. The highest BCUT2D eigenvalue weighted by atomic mass is 16.1. The molecule has 0 aliphatic carbocycles. The van der Waals surface area contributed by atoms with Crippen LogP contribution in [0.5, 0.6) is 0 Å². The molecule has 0 saturated carbocycles. The number of anilines is 2. The van der Waals surface area contributed by atoms with Gasteiger partial charge in [-0.25, -0.2) is 9.97 Å². The van der Waals surface area contributed by atoms with Gasteiger partial charge >= 0.3 is 0 Å². The van der Waals surface area contributed by atoms with Gasteiger partial charge in [0.15, 0.2) is 17.0 Å². The Morgan fingerprint density at radius 1 is 1.33 bits per heavy atom. The monoisotopic (exact) mass is 325 g/mol. The van der Waals surface area contributed by atoms with E-state index in [1.807, 2.05) is 24.1 Å². The van der Waals surface area contributed by atoms with Crippen molar-refractivity contribution in [3.8, 4) is 0 Å². The molecule has 0 fully saturated rings. The Hall–Kier alpha value is -3.29. The van der Waals surface area contributed by atoms with Gasteiger partial charge in [0, 0.05) is 19.2 Å². The van der Waals surface area contributed by atoms with E-state index in [9.17, 15) is 4.79 Å². The minimum absolute atomic E-state index is 0.0654. The summed E-state index contributed by atoms with van der Waals surface area (Å²) in [6, 6.07) is 0. The second-order valence-electron chi connectivity index (χ2n) is 4.99. The van der Waals surface area contributed by atoms with E-state index in [2.05, 4.69) is 26.5 Å². The molecule has 0 aromatic carbocycles. The van der Waals surface area contributed by atoms with Gasteiger partial charge in [-0.2, -0.15) is 9.97 Å². The molecule has 2 aromatic heterocycles. The number of hydrogen-bond donors (Lipinski definition) is 2. The minimum atomic E-state index is 0.0654. The largest absolute Gasteiger partial charge is 0.382 e. The maximum absolute atomic E-state index is 10.4. The zero-order valence-corrected chi connectivity index (χ0v) is 13.4. The van der Waals surface area contributed by atoms with Crippen molar-refractivity contribution in [2.75, 3.05) is 18.5 Å². The van der Waals surface area contributed by atoms with Gasteiger partial charge in [0.05, 0.1) is 18.4 Å². The van der Waals surface area contributed by atoms with E-state index in [0.29, 0.717) is 29.8 Å². The Balaban J connectivity index is 2.25. The van der Waals surface area contributed by atoms with Gasteiger partial charge in [0.2, 0.25) is 5.95 Å². The third-order valence-electron chi connectivity index (χ3n) is 3.15. The molecule has 24 heavy (non-hydrogen) atoms. The Labute approximate surface area is 139 Å². The van der Waals surface area contributed by atoms with Gasteiger partial charge in [-0.05, 0) is 12.2 Å². The van der Waals surface area contributed by atoms with Crippen LogP contribution in [-0.2, 0) is 11.3 Å². The SMILES string of the molecule is C=C/C=C(\C=C/CC=O)N(C)Cc1cnc2nc(N)nc(N)c2n1. The van der Waals surface area contributed by atoms with Crippen molar-refractivity contribution in [1.82, 2.24) is 24.8 Å². The number of allylic oxidation sites excluding steroid dienone is 4. The average molecular weight is 325 g/mol. The number of nitrogen functional groups attached to an aromatic ring is 2. The summed E-state index contributed by atoms with van der Waals surface area (Å²) in [7, 11) is 1.90. The highest BCUT2D eigenvalue weighted by Gasteiger charge is 2.09. The van der Waals surface area contributed by atoms with Gasteiger partial charge in [-0.3, -0.25) is 0 Å². The Bertz CT molecular complexity index is 813. The number of aromatic nitrogens is 4. The van der Waals surface area contributed by atoms with Crippen LogP contribution >= 0.6 is 0 Å². The van der Waals surface area contributed by atoms with E-state index in [1.54, 1.807) is 18.3 Å². The molecule has 2 heterocycles. The van der Waals surface area contributed by atoms with Crippen molar-refractivity contribution in [2.24, 2.45) is 0 Å². The molecular weight excluding hydrogens is 306 g/mol. The molecule has 0 spiro atoms. The summed E-state index contributed by atoms with van der Waals surface area (Å²) < 4.78 is 0. The molecule has 8 nitrogen and oxygen atoms in total. The lowest BCUT2D eigenvalue weighted by Crippen LogP contribution is -2.17. The van der Waals surface area contributed by atoms with Crippen LogP contribution in [-0.4, -0.2) is 38.2 Å². The van der Waals surface area contributed by atoms with Gasteiger partial charge in [0.25, 0.3) is 0 Å². The first kappa shape index (κ1) is 17.1. The van der Waals surface area contributed by atoms with Crippen molar-refractivity contribution in [2.45, 2.75) is 13.0 Å². The van der Waals surface area contributed by atoms with Crippen LogP contribution in [0.15, 0.2) is 42.8 Å². The first-order valence-corrected chi connectivity index (χ1v) is 7.23. The first-order valence-electron chi connectivity index (χ1n) is 7.23. The van der Waals surface area contributed by atoms with Gasteiger partial charge in [-0.1, -0.05) is 18.7 Å². The van der Waals surface area contributed by atoms with E-state index >= 15 is 0 Å². The average Bonchev–Trinajstić information content (AvgIpc) is 2.54. The number of hydrogen-bond acceptors (Lipinski definition) is 8.